The van der Waals surface area contributed by atoms with Gasteiger partial charge in [0.05, 0.1) is 6.61 Å². The first-order valence-electron chi connectivity index (χ1n) is 8.55. The van der Waals surface area contributed by atoms with Gasteiger partial charge in [-0.05, 0) is 23.3 Å². The molecule has 0 aliphatic rings. The van der Waals surface area contributed by atoms with E-state index < -0.39 is 11.8 Å². The molecule has 2 rings (SSSR count). The molecule has 5 heteroatoms. The summed E-state index contributed by atoms with van der Waals surface area (Å²) in [5.41, 5.74) is 1.95. The fourth-order valence-electron chi connectivity index (χ4n) is 2.17. The van der Waals surface area contributed by atoms with Crippen LogP contribution in [0.4, 0.5) is 0 Å². The number of hydrogen-bond acceptors (Lipinski definition) is 3. The number of carbonyl (C=O) groups is 2. The quantitative estimate of drug-likeness (QED) is 0.499. The highest BCUT2D eigenvalue weighted by Crippen LogP contribution is 2.03. The van der Waals surface area contributed by atoms with Gasteiger partial charge in [0.2, 0.25) is 5.91 Å². The first-order valence-corrected chi connectivity index (χ1v) is 8.55. The van der Waals surface area contributed by atoms with Crippen LogP contribution in [0, 0.1) is 0 Å². The van der Waals surface area contributed by atoms with Crippen LogP contribution in [0.3, 0.4) is 0 Å². The zero-order valence-electron chi connectivity index (χ0n) is 14.8. The van der Waals surface area contributed by atoms with Gasteiger partial charge in [-0.3, -0.25) is 9.59 Å². The Morgan fingerprint density at radius 1 is 0.889 bits per heavy atom. The van der Waals surface area contributed by atoms with Gasteiger partial charge in [-0.2, -0.15) is 0 Å². The van der Waals surface area contributed by atoms with Crippen molar-refractivity contribution < 1.29 is 14.7 Å². The molecule has 0 heterocycles. The van der Waals surface area contributed by atoms with E-state index in [0.29, 0.717) is 0 Å². The third kappa shape index (κ3) is 7.54. The summed E-state index contributed by atoms with van der Waals surface area (Å²) in [6.45, 7) is -0.0744. The third-order valence-corrected chi connectivity index (χ3v) is 3.48. The average Bonchev–Trinajstić information content (AvgIpc) is 2.71. The highest BCUT2D eigenvalue weighted by Gasteiger charge is 2.10. The lowest BCUT2D eigenvalue weighted by atomic mass is 10.2. The summed E-state index contributed by atoms with van der Waals surface area (Å²) in [4.78, 5) is 24.3. The molecule has 0 atom stereocenters. The number of aliphatic hydroxyl groups excluding tert-OH is 1. The van der Waals surface area contributed by atoms with E-state index in [4.69, 9.17) is 5.11 Å². The number of carbonyl (C=O) groups excluding carboxylic acids is 2. The maximum absolute atomic E-state index is 12.2. The number of allylic oxidation sites excluding steroid dienone is 2. The Labute approximate surface area is 158 Å². The Bertz CT molecular complexity index is 825. The molecule has 5 nitrogen and oxygen atoms in total. The molecule has 0 saturated heterocycles. The van der Waals surface area contributed by atoms with E-state index in [2.05, 4.69) is 10.6 Å². The normalized spacial score (nSPS) is 11.7. The maximum Gasteiger partial charge on any atom is 0.267 e. The number of benzene rings is 2. The molecule has 27 heavy (non-hydrogen) atoms. The van der Waals surface area contributed by atoms with Crippen LogP contribution in [0.1, 0.15) is 11.1 Å². The molecule has 0 saturated carbocycles. The molecular formula is C22H22N2O3. The molecule has 0 unspecified atom stereocenters. The summed E-state index contributed by atoms with van der Waals surface area (Å²) in [7, 11) is 0. The van der Waals surface area contributed by atoms with Gasteiger partial charge in [0.15, 0.2) is 0 Å². The van der Waals surface area contributed by atoms with Gasteiger partial charge in [0.1, 0.15) is 5.70 Å². The minimum Gasteiger partial charge on any atom is -0.395 e. The highest BCUT2D eigenvalue weighted by atomic mass is 16.3. The Morgan fingerprint density at radius 3 is 2.07 bits per heavy atom. The van der Waals surface area contributed by atoms with Crippen molar-refractivity contribution in [2.24, 2.45) is 0 Å². The monoisotopic (exact) mass is 362 g/mol. The van der Waals surface area contributed by atoms with E-state index in [1.54, 1.807) is 12.2 Å². The number of hydrogen-bond donors (Lipinski definition) is 3. The summed E-state index contributed by atoms with van der Waals surface area (Å²) in [5, 5.41) is 14.0. The fraction of sp³-hybridized carbons (Fsp3) is 0.0909. The summed E-state index contributed by atoms with van der Waals surface area (Å²) < 4.78 is 0. The van der Waals surface area contributed by atoms with Crippen LogP contribution < -0.4 is 10.6 Å². The second kappa shape index (κ2) is 11.2. The van der Waals surface area contributed by atoms with Gasteiger partial charge in [-0.15, -0.1) is 0 Å². The topological polar surface area (TPSA) is 78.4 Å². The highest BCUT2D eigenvalue weighted by molar-refractivity contribution is 6.01. The van der Waals surface area contributed by atoms with Crippen molar-refractivity contribution >= 4 is 24.0 Å². The summed E-state index contributed by atoms with van der Waals surface area (Å²) in [6, 6.07) is 19.0. The lowest BCUT2D eigenvalue weighted by Crippen LogP contribution is -2.35. The molecular weight excluding hydrogens is 340 g/mol. The average molecular weight is 362 g/mol. The molecule has 0 aliphatic heterocycles. The molecule has 2 aromatic rings. The van der Waals surface area contributed by atoms with Crippen molar-refractivity contribution in [3.63, 3.8) is 0 Å². The Kier molecular flexibility index (Phi) is 8.27. The van der Waals surface area contributed by atoms with Crippen LogP contribution in [0.25, 0.3) is 12.2 Å². The Balaban J connectivity index is 2.08. The van der Waals surface area contributed by atoms with Gasteiger partial charge in [-0.25, -0.2) is 0 Å². The standard InChI is InChI=1S/C22H22N2O3/c25-17-16-23-22(27)20(13-7-12-18-8-3-1-4-9-18)24-21(26)15-14-19-10-5-2-6-11-19/h1-15,25H,16-17H2,(H,23,27)(H,24,26)/b12-7+,15-14+,20-13-. The molecule has 0 spiro atoms. The van der Waals surface area contributed by atoms with E-state index in [1.165, 1.54) is 12.2 Å². The Hall–Kier alpha value is -3.44. The second-order valence-electron chi connectivity index (χ2n) is 5.56. The summed E-state index contributed by atoms with van der Waals surface area (Å²) in [6.07, 6.45) is 8.06. The SMILES string of the molecule is O=C(/C=C/c1ccccc1)N/C(=C\C=C\c1ccccc1)C(=O)NCCO. The van der Waals surface area contributed by atoms with Gasteiger partial charge in [-0.1, -0.05) is 72.8 Å². The van der Waals surface area contributed by atoms with Crippen LogP contribution >= 0.6 is 0 Å². The van der Waals surface area contributed by atoms with Gasteiger partial charge in [0.25, 0.3) is 5.91 Å². The fourth-order valence-corrected chi connectivity index (χ4v) is 2.17. The van der Waals surface area contributed by atoms with Crippen molar-refractivity contribution in [2.45, 2.75) is 0 Å². The minimum atomic E-state index is -0.469. The minimum absolute atomic E-state index is 0.0957. The van der Waals surface area contributed by atoms with Crippen LogP contribution in [0.15, 0.2) is 84.6 Å². The number of aliphatic hydroxyl groups is 1. The number of rotatable bonds is 8. The molecule has 2 amide bonds. The predicted molar refractivity (Wildman–Crippen MR) is 107 cm³/mol. The van der Waals surface area contributed by atoms with E-state index in [0.717, 1.165) is 11.1 Å². The molecule has 0 aliphatic carbocycles. The maximum atomic E-state index is 12.2. The first kappa shape index (κ1) is 19.9. The molecule has 138 valence electrons. The van der Waals surface area contributed by atoms with Crippen LogP contribution in [0.2, 0.25) is 0 Å². The smallest absolute Gasteiger partial charge is 0.267 e. The van der Waals surface area contributed by atoms with E-state index in [-0.39, 0.29) is 18.8 Å². The third-order valence-electron chi connectivity index (χ3n) is 3.48. The first-order chi connectivity index (χ1) is 13.2. The number of amides is 2. The summed E-state index contributed by atoms with van der Waals surface area (Å²) >= 11 is 0. The van der Waals surface area contributed by atoms with Gasteiger partial charge < -0.3 is 15.7 Å². The van der Waals surface area contributed by atoms with E-state index in [1.807, 2.05) is 66.7 Å². The van der Waals surface area contributed by atoms with Crippen LogP contribution in [-0.2, 0) is 9.59 Å². The lowest BCUT2D eigenvalue weighted by Gasteiger charge is -2.08. The second-order valence-corrected chi connectivity index (χ2v) is 5.56. The Morgan fingerprint density at radius 2 is 1.48 bits per heavy atom. The molecule has 3 N–H and O–H groups in total. The zero-order chi connectivity index (χ0) is 19.3. The molecule has 0 aromatic heterocycles. The van der Waals surface area contributed by atoms with Crippen molar-refractivity contribution in [1.82, 2.24) is 10.6 Å². The molecule has 0 radical (unpaired) electrons. The van der Waals surface area contributed by atoms with Gasteiger partial charge in [0, 0.05) is 12.6 Å². The molecule has 0 fully saturated rings. The lowest BCUT2D eigenvalue weighted by molar-refractivity contribution is -0.121. The largest absolute Gasteiger partial charge is 0.395 e. The van der Waals surface area contributed by atoms with Gasteiger partial charge >= 0.3 is 0 Å². The van der Waals surface area contributed by atoms with E-state index >= 15 is 0 Å². The van der Waals surface area contributed by atoms with Crippen molar-refractivity contribution in [2.75, 3.05) is 13.2 Å². The van der Waals surface area contributed by atoms with Crippen molar-refractivity contribution in [3.8, 4) is 0 Å². The molecule has 2 aromatic carbocycles. The molecule has 0 bridgehead atoms. The summed E-state index contributed by atoms with van der Waals surface area (Å²) in [5.74, 6) is -0.888. The number of nitrogens with one attached hydrogen (secondary N) is 2. The van der Waals surface area contributed by atoms with Crippen LogP contribution in [0.5, 0.6) is 0 Å². The van der Waals surface area contributed by atoms with Crippen molar-refractivity contribution in [1.29, 1.82) is 0 Å². The van der Waals surface area contributed by atoms with Crippen molar-refractivity contribution in [3.05, 3.63) is 95.7 Å². The predicted octanol–water partition coefficient (Wildman–Crippen LogP) is 2.52. The van der Waals surface area contributed by atoms with E-state index in [9.17, 15) is 9.59 Å². The van der Waals surface area contributed by atoms with Crippen LogP contribution in [-0.4, -0.2) is 30.1 Å². The zero-order valence-corrected chi connectivity index (χ0v) is 14.8.